The molecule has 0 aromatic heterocycles. The summed E-state index contributed by atoms with van der Waals surface area (Å²) in [6.07, 6.45) is 0.811. The van der Waals surface area contributed by atoms with Gasteiger partial charge in [-0.2, -0.15) is 0 Å². The van der Waals surface area contributed by atoms with Gasteiger partial charge in [0, 0.05) is 19.5 Å². The molecule has 9 heteroatoms. The summed E-state index contributed by atoms with van der Waals surface area (Å²) >= 11 is 0. The molecule has 4 aromatic rings. The summed E-state index contributed by atoms with van der Waals surface area (Å²) in [7, 11) is -2.60. The van der Waals surface area contributed by atoms with E-state index in [9.17, 15) is 18.0 Å². The van der Waals surface area contributed by atoms with Crippen LogP contribution in [-0.4, -0.2) is 51.4 Å². The molecule has 0 heterocycles. The lowest BCUT2D eigenvalue weighted by Crippen LogP contribution is -2.53. The first-order valence-corrected chi connectivity index (χ1v) is 16.5. The van der Waals surface area contributed by atoms with Gasteiger partial charge in [-0.15, -0.1) is 0 Å². The lowest BCUT2D eigenvalue weighted by atomic mass is 10.0. The minimum atomic E-state index is -4.17. The summed E-state index contributed by atoms with van der Waals surface area (Å²) < 4.78 is 35.1. The molecule has 0 radical (unpaired) electrons. The SMILES string of the molecule is CCNC(=O)[C@H](Cc1ccccc1)N(Cc1cccc(OC)c1)C(=O)CN(c1ccccc1CC)S(=O)(=O)c1ccc(C)cc1. The Hall–Kier alpha value is -4.63. The van der Waals surface area contributed by atoms with Crippen LogP contribution >= 0.6 is 0 Å². The summed E-state index contributed by atoms with van der Waals surface area (Å²) in [4.78, 5) is 29.8. The largest absolute Gasteiger partial charge is 0.497 e. The third-order valence-corrected chi connectivity index (χ3v) is 9.41. The highest BCUT2D eigenvalue weighted by Crippen LogP contribution is 2.29. The van der Waals surface area contributed by atoms with E-state index in [1.165, 1.54) is 9.21 Å². The number of methoxy groups -OCH3 is 1. The second-order valence-electron chi connectivity index (χ2n) is 10.8. The summed E-state index contributed by atoms with van der Waals surface area (Å²) in [6, 6.07) is 29.6. The number of carbonyl (C=O) groups is 2. The fourth-order valence-corrected chi connectivity index (χ4v) is 6.67. The second-order valence-corrected chi connectivity index (χ2v) is 12.6. The van der Waals surface area contributed by atoms with Crippen LogP contribution in [0.5, 0.6) is 5.75 Å². The predicted molar refractivity (Wildman–Crippen MR) is 178 cm³/mol. The molecule has 0 aliphatic rings. The van der Waals surface area contributed by atoms with Crippen LogP contribution in [0.15, 0.2) is 108 Å². The molecular weight excluding hydrogens is 586 g/mol. The van der Waals surface area contributed by atoms with E-state index in [2.05, 4.69) is 5.32 Å². The van der Waals surface area contributed by atoms with Gasteiger partial charge in [0.25, 0.3) is 10.0 Å². The molecule has 1 N–H and O–H groups in total. The predicted octanol–water partition coefficient (Wildman–Crippen LogP) is 5.54. The number of benzene rings is 4. The molecule has 0 aliphatic heterocycles. The maximum absolute atomic E-state index is 14.6. The number of nitrogens with zero attached hydrogens (tertiary/aromatic N) is 2. The normalized spacial score (nSPS) is 11.8. The highest BCUT2D eigenvalue weighted by Gasteiger charge is 2.35. The van der Waals surface area contributed by atoms with Crippen LogP contribution in [0, 0.1) is 6.92 Å². The quantitative estimate of drug-likeness (QED) is 0.198. The third-order valence-electron chi connectivity index (χ3n) is 7.64. The lowest BCUT2D eigenvalue weighted by Gasteiger charge is -2.34. The molecule has 45 heavy (non-hydrogen) atoms. The summed E-state index contributed by atoms with van der Waals surface area (Å²) in [6.45, 7) is 5.60. The molecule has 236 valence electrons. The van der Waals surface area contributed by atoms with Gasteiger partial charge in [-0.25, -0.2) is 8.42 Å². The topological polar surface area (TPSA) is 96.0 Å². The Balaban J connectivity index is 1.83. The van der Waals surface area contributed by atoms with E-state index in [-0.39, 0.29) is 23.8 Å². The van der Waals surface area contributed by atoms with Crippen LogP contribution in [0.1, 0.15) is 36.1 Å². The van der Waals surface area contributed by atoms with Crippen molar-refractivity contribution in [3.63, 3.8) is 0 Å². The van der Waals surface area contributed by atoms with E-state index in [0.29, 0.717) is 24.4 Å². The van der Waals surface area contributed by atoms with Gasteiger partial charge in [0.2, 0.25) is 11.8 Å². The molecule has 0 spiro atoms. The van der Waals surface area contributed by atoms with Crippen molar-refractivity contribution < 1.29 is 22.7 Å². The van der Waals surface area contributed by atoms with Crippen molar-refractivity contribution in [2.45, 2.75) is 51.1 Å². The van der Waals surface area contributed by atoms with Gasteiger partial charge in [0.05, 0.1) is 17.7 Å². The zero-order valence-electron chi connectivity index (χ0n) is 26.3. The van der Waals surface area contributed by atoms with Crippen molar-refractivity contribution in [3.8, 4) is 5.75 Å². The molecular formula is C36H41N3O5S. The molecule has 0 unspecified atom stereocenters. The van der Waals surface area contributed by atoms with Gasteiger partial charge in [-0.05, 0) is 67.3 Å². The number of anilines is 1. The van der Waals surface area contributed by atoms with Gasteiger partial charge >= 0.3 is 0 Å². The molecule has 0 aliphatic carbocycles. The van der Waals surface area contributed by atoms with Gasteiger partial charge in [-0.3, -0.25) is 13.9 Å². The van der Waals surface area contributed by atoms with Crippen LogP contribution in [-0.2, 0) is 39.0 Å². The number of carbonyl (C=O) groups excluding carboxylic acids is 2. The second kappa shape index (κ2) is 15.4. The first kappa shape index (κ1) is 33.3. The number of hydrogen-bond donors (Lipinski definition) is 1. The molecule has 8 nitrogen and oxygen atoms in total. The van der Waals surface area contributed by atoms with Crippen molar-refractivity contribution in [1.82, 2.24) is 10.2 Å². The van der Waals surface area contributed by atoms with Crippen LogP contribution < -0.4 is 14.4 Å². The molecule has 2 amide bonds. The number of hydrogen-bond acceptors (Lipinski definition) is 5. The molecule has 0 saturated heterocycles. The van der Waals surface area contributed by atoms with E-state index in [0.717, 1.165) is 22.3 Å². The van der Waals surface area contributed by atoms with Crippen molar-refractivity contribution in [2.24, 2.45) is 0 Å². The van der Waals surface area contributed by atoms with Crippen molar-refractivity contribution in [3.05, 3.63) is 125 Å². The fourth-order valence-electron chi connectivity index (χ4n) is 5.22. The van der Waals surface area contributed by atoms with E-state index in [1.54, 1.807) is 49.6 Å². The maximum Gasteiger partial charge on any atom is 0.264 e. The molecule has 0 bridgehead atoms. The molecule has 4 aromatic carbocycles. The van der Waals surface area contributed by atoms with Gasteiger partial charge in [0.1, 0.15) is 18.3 Å². The fraction of sp³-hybridized carbons (Fsp3) is 0.278. The number of rotatable bonds is 14. The standard InChI is InChI=1S/C36H41N3O5S/c1-5-30-16-10-11-18-33(30)39(45(42,43)32-21-19-27(3)20-22-32)26-35(40)38(25-29-15-12-17-31(23-29)44-4)34(36(41)37-6-2)24-28-13-8-7-9-14-28/h7-23,34H,5-6,24-26H2,1-4H3,(H,37,41)/t34-/m0/s1. The van der Waals surface area contributed by atoms with E-state index >= 15 is 0 Å². The number of aryl methyl sites for hydroxylation is 2. The first-order valence-electron chi connectivity index (χ1n) is 15.1. The van der Waals surface area contributed by atoms with Gasteiger partial charge in [-0.1, -0.05) is 85.3 Å². The lowest BCUT2D eigenvalue weighted by molar-refractivity contribution is -0.140. The Labute approximate surface area is 266 Å². The number of para-hydroxylation sites is 1. The Morgan fingerprint density at radius 2 is 1.51 bits per heavy atom. The smallest absolute Gasteiger partial charge is 0.264 e. The van der Waals surface area contributed by atoms with E-state index in [1.807, 2.05) is 81.4 Å². The van der Waals surface area contributed by atoms with E-state index in [4.69, 9.17) is 4.74 Å². The van der Waals surface area contributed by atoms with Crippen molar-refractivity contribution >= 4 is 27.5 Å². The van der Waals surface area contributed by atoms with Crippen LogP contribution in [0.2, 0.25) is 0 Å². The molecule has 0 fully saturated rings. The number of likely N-dealkylation sites (N-methyl/N-ethyl adjacent to an activating group) is 1. The third kappa shape index (κ3) is 8.30. The molecule has 0 saturated carbocycles. The highest BCUT2D eigenvalue weighted by atomic mass is 32.2. The van der Waals surface area contributed by atoms with E-state index < -0.39 is 28.5 Å². The Kier molecular flexibility index (Phi) is 11.4. The highest BCUT2D eigenvalue weighted by molar-refractivity contribution is 7.92. The Morgan fingerprint density at radius 3 is 2.18 bits per heavy atom. The van der Waals surface area contributed by atoms with Crippen LogP contribution in [0.3, 0.4) is 0 Å². The summed E-state index contributed by atoms with van der Waals surface area (Å²) in [5.74, 6) is -0.218. The number of sulfonamides is 1. The van der Waals surface area contributed by atoms with Gasteiger partial charge in [0.15, 0.2) is 0 Å². The minimum absolute atomic E-state index is 0.0680. The Bertz CT molecular complexity index is 1690. The number of ether oxygens (including phenoxy) is 1. The minimum Gasteiger partial charge on any atom is -0.497 e. The monoisotopic (exact) mass is 627 g/mol. The average molecular weight is 628 g/mol. The molecule has 1 atom stereocenters. The van der Waals surface area contributed by atoms with Crippen molar-refractivity contribution in [2.75, 3.05) is 24.5 Å². The van der Waals surface area contributed by atoms with Crippen LogP contribution in [0.25, 0.3) is 0 Å². The zero-order chi connectivity index (χ0) is 32.4. The van der Waals surface area contributed by atoms with Crippen molar-refractivity contribution in [1.29, 1.82) is 0 Å². The zero-order valence-corrected chi connectivity index (χ0v) is 27.1. The van der Waals surface area contributed by atoms with Gasteiger partial charge < -0.3 is 15.0 Å². The maximum atomic E-state index is 14.6. The first-order chi connectivity index (χ1) is 21.7. The summed E-state index contributed by atoms with van der Waals surface area (Å²) in [5, 5.41) is 2.88. The summed E-state index contributed by atoms with van der Waals surface area (Å²) in [5.41, 5.74) is 3.74. The number of nitrogens with one attached hydrogen (secondary N) is 1. The Morgan fingerprint density at radius 1 is 0.844 bits per heavy atom. The number of amides is 2. The molecule has 4 rings (SSSR count). The van der Waals surface area contributed by atoms with Crippen LogP contribution in [0.4, 0.5) is 5.69 Å². The average Bonchev–Trinajstić information content (AvgIpc) is 3.06.